The molecule has 10 heteroatoms. The molecule has 0 atom stereocenters. The zero-order valence-electron chi connectivity index (χ0n) is 22.9. The summed E-state index contributed by atoms with van der Waals surface area (Å²) >= 11 is 0. The molecule has 6 rings (SSSR count). The summed E-state index contributed by atoms with van der Waals surface area (Å²) in [5.74, 6) is 2.32. The molecule has 0 bridgehead atoms. The zero-order valence-corrected chi connectivity index (χ0v) is 22.9. The molecular weight excluding hydrogens is 506 g/mol. The lowest BCUT2D eigenvalue weighted by Gasteiger charge is -2.58. The van der Waals surface area contributed by atoms with Gasteiger partial charge in [0.1, 0.15) is 29.7 Å². The Balaban J connectivity index is 1.17. The van der Waals surface area contributed by atoms with Crippen LogP contribution in [0.15, 0.2) is 54.9 Å². The van der Waals surface area contributed by atoms with Crippen LogP contribution in [-0.4, -0.2) is 50.7 Å². The Morgan fingerprint density at radius 2 is 1.70 bits per heavy atom. The fourth-order valence-electron chi connectivity index (χ4n) is 6.02. The van der Waals surface area contributed by atoms with Crippen LogP contribution < -0.4 is 20.9 Å². The van der Waals surface area contributed by atoms with Crippen molar-refractivity contribution in [2.45, 2.75) is 39.2 Å². The molecule has 4 aromatic rings. The van der Waals surface area contributed by atoms with Gasteiger partial charge in [0, 0.05) is 43.0 Å². The molecule has 10 nitrogen and oxygen atoms in total. The molecule has 1 aliphatic heterocycles. The summed E-state index contributed by atoms with van der Waals surface area (Å²) in [7, 11) is 2.13. The number of nitrogens with zero attached hydrogens (tertiary/aromatic N) is 5. The Labute approximate surface area is 232 Å². The van der Waals surface area contributed by atoms with Gasteiger partial charge in [-0.05, 0) is 81.1 Å². The van der Waals surface area contributed by atoms with Gasteiger partial charge in [-0.1, -0.05) is 0 Å². The van der Waals surface area contributed by atoms with Crippen molar-refractivity contribution in [3.63, 3.8) is 0 Å². The SMILES string of the molecule is Cc1cc(OCc2cnc(C)nc2)cc(Oc2ccc(-n3nc(C4CC5(C4)CN(C)C5)c(N)c3C(N)=O)cc2)c1. The lowest BCUT2D eigenvalue weighted by atomic mass is 9.57. The van der Waals surface area contributed by atoms with Gasteiger partial charge in [-0.2, -0.15) is 5.10 Å². The van der Waals surface area contributed by atoms with Crippen molar-refractivity contribution in [3.05, 3.63) is 83.2 Å². The van der Waals surface area contributed by atoms with Crippen molar-refractivity contribution in [2.24, 2.45) is 11.1 Å². The van der Waals surface area contributed by atoms with E-state index in [2.05, 4.69) is 21.9 Å². The molecule has 1 aliphatic carbocycles. The van der Waals surface area contributed by atoms with E-state index in [0.29, 0.717) is 40.6 Å². The predicted octanol–water partition coefficient (Wildman–Crippen LogP) is 4.14. The van der Waals surface area contributed by atoms with Crippen molar-refractivity contribution in [2.75, 3.05) is 25.9 Å². The average molecular weight is 540 g/mol. The van der Waals surface area contributed by atoms with Crippen LogP contribution in [0.25, 0.3) is 5.69 Å². The number of hydrogen-bond acceptors (Lipinski definition) is 8. The largest absolute Gasteiger partial charge is 0.489 e. The highest BCUT2D eigenvalue weighted by Crippen LogP contribution is 2.56. The fourth-order valence-corrected chi connectivity index (χ4v) is 6.02. The summed E-state index contributed by atoms with van der Waals surface area (Å²) in [6.45, 7) is 6.39. The summed E-state index contributed by atoms with van der Waals surface area (Å²) < 4.78 is 13.6. The summed E-state index contributed by atoms with van der Waals surface area (Å²) in [5.41, 5.74) is 16.5. The van der Waals surface area contributed by atoms with Gasteiger partial charge in [0.2, 0.25) is 0 Å². The van der Waals surface area contributed by atoms with Crippen LogP contribution >= 0.6 is 0 Å². The smallest absolute Gasteiger partial charge is 0.269 e. The van der Waals surface area contributed by atoms with E-state index in [-0.39, 0.29) is 11.6 Å². The molecule has 40 heavy (non-hydrogen) atoms. The Hall–Kier alpha value is -4.44. The Bertz CT molecular complexity index is 1550. The highest BCUT2D eigenvalue weighted by molar-refractivity contribution is 5.97. The maximum atomic E-state index is 12.4. The Morgan fingerprint density at radius 3 is 2.35 bits per heavy atom. The number of aromatic nitrogens is 4. The number of nitrogens with two attached hydrogens (primary N) is 2. The third kappa shape index (κ3) is 4.98. The number of carbonyl (C=O) groups is 1. The molecule has 2 aromatic heterocycles. The van der Waals surface area contributed by atoms with E-state index >= 15 is 0 Å². The minimum atomic E-state index is -0.599. The summed E-state index contributed by atoms with van der Waals surface area (Å²) in [6, 6.07) is 13.1. The molecule has 0 unspecified atom stereocenters. The maximum Gasteiger partial charge on any atom is 0.269 e. The van der Waals surface area contributed by atoms with Gasteiger partial charge >= 0.3 is 0 Å². The van der Waals surface area contributed by atoms with Crippen molar-refractivity contribution >= 4 is 11.6 Å². The van der Waals surface area contributed by atoms with E-state index in [4.69, 9.17) is 26.0 Å². The number of nitrogen functional groups attached to an aromatic ring is 1. The summed E-state index contributed by atoms with van der Waals surface area (Å²) in [6.07, 6.45) is 5.58. The van der Waals surface area contributed by atoms with E-state index in [1.54, 1.807) is 17.1 Å². The molecule has 1 saturated carbocycles. The molecule has 2 fully saturated rings. The van der Waals surface area contributed by atoms with Gasteiger partial charge in [0.05, 0.1) is 17.1 Å². The van der Waals surface area contributed by atoms with E-state index in [0.717, 1.165) is 48.6 Å². The van der Waals surface area contributed by atoms with Crippen LogP contribution in [-0.2, 0) is 6.61 Å². The predicted molar refractivity (Wildman–Crippen MR) is 151 cm³/mol. The molecule has 1 spiro atoms. The topological polar surface area (TPSA) is 134 Å². The minimum absolute atomic E-state index is 0.217. The van der Waals surface area contributed by atoms with Crippen molar-refractivity contribution in [1.29, 1.82) is 0 Å². The first kappa shape index (κ1) is 25.8. The van der Waals surface area contributed by atoms with Crippen molar-refractivity contribution < 1.29 is 14.3 Å². The number of rotatable bonds is 8. The van der Waals surface area contributed by atoms with Crippen LogP contribution in [0.2, 0.25) is 0 Å². The molecule has 2 aromatic carbocycles. The third-order valence-electron chi connectivity index (χ3n) is 7.72. The van der Waals surface area contributed by atoms with Crippen LogP contribution in [0, 0.1) is 19.3 Å². The molecule has 206 valence electrons. The molecule has 2 aliphatic rings. The molecule has 1 amide bonds. The Morgan fingerprint density at radius 1 is 1.02 bits per heavy atom. The minimum Gasteiger partial charge on any atom is -0.489 e. The summed E-state index contributed by atoms with van der Waals surface area (Å²) in [4.78, 5) is 23.1. The normalized spacial score (nSPS) is 16.4. The van der Waals surface area contributed by atoms with Gasteiger partial charge in [-0.15, -0.1) is 0 Å². The number of hydrogen-bond donors (Lipinski definition) is 2. The van der Waals surface area contributed by atoms with Crippen LogP contribution in [0.5, 0.6) is 17.2 Å². The first-order chi connectivity index (χ1) is 19.2. The van der Waals surface area contributed by atoms with Gasteiger partial charge in [-0.3, -0.25) is 4.79 Å². The van der Waals surface area contributed by atoms with Crippen LogP contribution in [0.1, 0.15) is 51.9 Å². The summed E-state index contributed by atoms with van der Waals surface area (Å²) in [5, 5.41) is 4.76. The molecule has 1 saturated heterocycles. The van der Waals surface area contributed by atoms with Gasteiger partial charge < -0.3 is 25.8 Å². The highest BCUT2D eigenvalue weighted by atomic mass is 16.5. The lowest BCUT2D eigenvalue weighted by molar-refractivity contribution is -0.0591. The molecular formula is C30H33N7O3. The van der Waals surface area contributed by atoms with E-state index in [1.807, 2.05) is 56.3 Å². The number of aryl methyl sites for hydroxylation is 2. The molecule has 3 heterocycles. The van der Waals surface area contributed by atoms with Gasteiger partial charge in [-0.25, -0.2) is 14.6 Å². The number of ether oxygens (including phenoxy) is 2. The maximum absolute atomic E-state index is 12.4. The average Bonchev–Trinajstić information content (AvgIpc) is 3.22. The number of anilines is 1. The zero-order chi connectivity index (χ0) is 28.0. The van der Waals surface area contributed by atoms with E-state index < -0.39 is 5.91 Å². The third-order valence-corrected chi connectivity index (χ3v) is 7.72. The number of likely N-dealkylation sites (tertiary alicyclic amines) is 1. The number of benzene rings is 2. The molecule has 4 N–H and O–H groups in total. The second-order valence-corrected chi connectivity index (χ2v) is 11.2. The monoisotopic (exact) mass is 539 g/mol. The standard InChI is InChI=1S/C30H33N7O3/c1-18-8-24(39-15-20-13-33-19(2)34-14-20)10-25(9-18)40-23-6-4-22(5-7-23)37-28(29(32)38)26(31)27(35-37)21-11-30(12-21)16-36(3)17-30/h4-10,13-14,21H,11-12,15-17,31H2,1-3H3,(H2,32,38). The van der Waals surface area contributed by atoms with Crippen molar-refractivity contribution in [3.8, 4) is 22.9 Å². The second kappa shape index (κ2) is 9.95. The van der Waals surface area contributed by atoms with Crippen LogP contribution in [0.4, 0.5) is 5.69 Å². The number of primary amides is 1. The number of amides is 1. The molecule has 0 radical (unpaired) electrons. The first-order valence-corrected chi connectivity index (χ1v) is 13.4. The van der Waals surface area contributed by atoms with Crippen LogP contribution in [0.3, 0.4) is 0 Å². The van der Waals surface area contributed by atoms with Gasteiger partial charge in [0.25, 0.3) is 5.91 Å². The number of carbonyl (C=O) groups excluding carboxylic acids is 1. The van der Waals surface area contributed by atoms with Gasteiger partial charge in [0.15, 0.2) is 5.69 Å². The lowest BCUT2D eigenvalue weighted by Crippen LogP contribution is -2.60. The highest BCUT2D eigenvalue weighted by Gasteiger charge is 2.52. The van der Waals surface area contributed by atoms with E-state index in [1.165, 1.54) is 0 Å². The fraction of sp³-hybridized carbons (Fsp3) is 0.333. The first-order valence-electron chi connectivity index (χ1n) is 13.4. The van der Waals surface area contributed by atoms with E-state index in [9.17, 15) is 4.79 Å². The second-order valence-electron chi connectivity index (χ2n) is 11.2. The van der Waals surface area contributed by atoms with Crippen molar-refractivity contribution in [1.82, 2.24) is 24.6 Å². The Kier molecular flexibility index (Phi) is 6.42. The quantitative estimate of drug-likeness (QED) is 0.341.